The molecule has 0 atom stereocenters. The number of rotatable bonds is 3. The van der Waals surface area contributed by atoms with Gasteiger partial charge in [-0.2, -0.15) is 4.39 Å². The van der Waals surface area contributed by atoms with Crippen molar-refractivity contribution in [3.05, 3.63) is 29.9 Å². The molecule has 0 spiro atoms. The molecule has 0 aliphatic carbocycles. The van der Waals surface area contributed by atoms with Crippen molar-refractivity contribution in [2.75, 3.05) is 0 Å². The zero-order valence-corrected chi connectivity index (χ0v) is 7.12. The highest BCUT2D eigenvalue weighted by molar-refractivity contribution is 5.89. The minimum absolute atomic E-state index is 0.287. The first-order valence-corrected chi connectivity index (χ1v) is 3.63. The Kier molecular flexibility index (Phi) is 2.46. The van der Waals surface area contributed by atoms with Crippen LogP contribution in [-0.2, 0) is 13.5 Å². The number of hydrogen-bond donors (Lipinski definition) is 1. The highest BCUT2D eigenvalue weighted by Crippen LogP contribution is 2.13. The predicted molar refractivity (Wildman–Crippen MR) is 44.0 cm³/mol. The average Bonchev–Trinajstić information content (AvgIpc) is 2.27. The second-order valence-corrected chi connectivity index (χ2v) is 2.53. The molecule has 1 heterocycles. The second kappa shape index (κ2) is 3.38. The van der Waals surface area contributed by atoms with Crippen molar-refractivity contribution in [2.45, 2.75) is 6.42 Å². The Bertz CT molecular complexity index is 357. The van der Waals surface area contributed by atoms with Gasteiger partial charge in [0.2, 0.25) is 5.95 Å². The van der Waals surface area contributed by atoms with Crippen LogP contribution >= 0.6 is 0 Å². The summed E-state index contributed by atoms with van der Waals surface area (Å²) in [7, 11) is 1.49. The Morgan fingerprint density at radius 1 is 1.85 bits per heavy atom. The highest BCUT2D eigenvalue weighted by atomic mass is 19.1. The van der Waals surface area contributed by atoms with Gasteiger partial charge in [0.05, 0.1) is 5.69 Å². The van der Waals surface area contributed by atoms with Crippen LogP contribution in [0, 0.1) is 5.95 Å². The third-order valence-corrected chi connectivity index (χ3v) is 1.67. The molecule has 70 valence electrons. The van der Waals surface area contributed by atoms with E-state index in [1.807, 2.05) is 0 Å². The van der Waals surface area contributed by atoms with E-state index in [2.05, 4.69) is 11.7 Å². The highest BCUT2D eigenvalue weighted by Gasteiger charge is 2.20. The SMILES string of the molecule is C=CCc1c(C(=O)O)c(F)nn1C. The monoisotopic (exact) mass is 184 g/mol. The summed E-state index contributed by atoms with van der Waals surface area (Å²) in [6.45, 7) is 3.45. The lowest BCUT2D eigenvalue weighted by Crippen LogP contribution is -2.04. The van der Waals surface area contributed by atoms with E-state index < -0.39 is 11.9 Å². The fourth-order valence-electron chi connectivity index (χ4n) is 1.11. The lowest BCUT2D eigenvalue weighted by atomic mass is 10.2. The van der Waals surface area contributed by atoms with Crippen molar-refractivity contribution in [3.63, 3.8) is 0 Å². The van der Waals surface area contributed by atoms with Crippen LogP contribution in [0.1, 0.15) is 16.1 Å². The molecule has 0 amide bonds. The van der Waals surface area contributed by atoms with Crippen LogP contribution in [0.4, 0.5) is 4.39 Å². The Morgan fingerprint density at radius 2 is 2.46 bits per heavy atom. The van der Waals surface area contributed by atoms with Gasteiger partial charge in [-0.15, -0.1) is 11.7 Å². The van der Waals surface area contributed by atoms with Crippen molar-refractivity contribution in [1.82, 2.24) is 9.78 Å². The van der Waals surface area contributed by atoms with Gasteiger partial charge in [-0.25, -0.2) is 4.79 Å². The molecule has 0 fully saturated rings. The molecule has 1 rings (SSSR count). The van der Waals surface area contributed by atoms with Crippen molar-refractivity contribution in [1.29, 1.82) is 0 Å². The Morgan fingerprint density at radius 3 is 2.92 bits per heavy atom. The fourth-order valence-corrected chi connectivity index (χ4v) is 1.11. The zero-order chi connectivity index (χ0) is 10.0. The molecule has 13 heavy (non-hydrogen) atoms. The number of aromatic carboxylic acids is 1. The van der Waals surface area contributed by atoms with Crippen LogP contribution in [0.3, 0.4) is 0 Å². The lowest BCUT2D eigenvalue weighted by molar-refractivity contribution is 0.0690. The second-order valence-electron chi connectivity index (χ2n) is 2.53. The molecule has 0 aromatic carbocycles. The number of hydrogen-bond acceptors (Lipinski definition) is 2. The van der Waals surface area contributed by atoms with Gasteiger partial charge in [0, 0.05) is 13.5 Å². The van der Waals surface area contributed by atoms with Gasteiger partial charge in [0.1, 0.15) is 5.56 Å². The van der Waals surface area contributed by atoms with Crippen LogP contribution in [0.5, 0.6) is 0 Å². The first-order chi connectivity index (χ1) is 6.07. The quantitative estimate of drug-likeness (QED) is 0.712. The number of carboxylic acids is 1. The third kappa shape index (κ3) is 1.58. The molecule has 0 saturated carbocycles. The molecule has 1 aromatic heterocycles. The predicted octanol–water partition coefficient (Wildman–Crippen LogP) is 0.986. The van der Waals surface area contributed by atoms with E-state index in [9.17, 15) is 9.18 Å². The zero-order valence-electron chi connectivity index (χ0n) is 7.12. The maximum Gasteiger partial charge on any atom is 0.342 e. The van der Waals surface area contributed by atoms with Gasteiger partial charge in [-0.3, -0.25) is 4.68 Å². The summed E-state index contributed by atoms with van der Waals surface area (Å²) >= 11 is 0. The van der Waals surface area contributed by atoms with Crippen LogP contribution in [0.15, 0.2) is 12.7 Å². The number of allylic oxidation sites excluding steroid dienone is 1. The summed E-state index contributed by atoms with van der Waals surface area (Å²) in [5.41, 5.74) is -0.0533. The van der Waals surface area contributed by atoms with Gasteiger partial charge in [-0.05, 0) is 0 Å². The molecule has 1 N–H and O–H groups in total. The smallest absolute Gasteiger partial charge is 0.342 e. The lowest BCUT2D eigenvalue weighted by Gasteiger charge is -1.97. The molecular weight excluding hydrogens is 175 g/mol. The minimum atomic E-state index is -1.30. The van der Waals surface area contributed by atoms with Gasteiger partial charge in [0.15, 0.2) is 0 Å². The summed E-state index contributed by atoms with van der Waals surface area (Å²) in [6.07, 6.45) is 1.79. The number of nitrogens with zero attached hydrogens (tertiary/aromatic N) is 2. The Hall–Kier alpha value is -1.65. The maximum absolute atomic E-state index is 12.9. The summed E-state index contributed by atoms with van der Waals surface area (Å²) in [5, 5.41) is 12.0. The van der Waals surface area contributed by atoms with Crippen LogP contribution in [0.25, 0.3) is 0 Å². The minimum Gasteiger partial charge on any atom is -0.477 e. The van der Waals surface area contributed by atoms with Crippen LogP contribution in [0.2, 0.25) is 0 Å². The van der Waals surface area contributed by atoms with Gasteiger partial charge in [-0.1, -0.05) is 6.08 Å². The molecule has 0 unspecified atom stereocenters. The van der Waals surface area contributed by atoms with Crippen LogP contribution in [-0.4, -0.2) is 20.9 Å². The topological polar surface area (TPSA) is 55.1 Å². The molecule has 4 nitrogen and oxygen atoms in total. The number of carbonyl (C=O) groups is 1. The summed E-state index contributed by atoms with van der Waals surface area (Å²) in [6, 6.07) is 0. The number of aromatic nitrogens is 2. The third-order valence-electron chi connectivity index (χ3n) is 1.67. The van der Waals surface area contributed by atoms with Crippen molar-refractivity contribution >= 4 is 5.97 Å². The van der Waals surface area contributed by atoms with Gasteiger partial charge < -0.3 is 5.11 Å². The molecule has 0 aliphatic rings. The Balaban J connectivity index is 3.28. The van der Waals surface area contributed by atoms with Gasteiger partial charge in [0.25, 0.3) is 0 Å². The Labute approximate surface area is 74.3 Å². The summed E-state index contributed by atoms with van der Waals surface area (Å²) in [4.78, 5) is 10.6. The number of aryl methyl sites for hydroxylation is 1. The molecule has 0 radical (unpaired) electrons. The van der Waals surface area contributed by atoms with Crippen molar-refractivity contribution < 1.29 is 14.3 Å². The molecule has 0 aliphatic heterocycles. The van der Waals surface area contributed by atoms with E-state index in [4.69, 9.17) is 5.11 Å². The van der Waals surface area contributed by atoms with Crippen molar-refractivity contribution in [3.8, 4) is 0 Å². The summed E-state index contributed by atoms with van der Waals surface area (Å²) in [5.74, 6) is -2.26. The molecule has 1 aromatic rings. The first kappa shape index (κ1) is 9.44. The van der Waals surface area contributed by atoms with Gasteiger partial charge >= 0.3 is 5.97 Å². The number of halogens is 1. The average molecular weight is 184 g/mol. The van der Waals surface area contributed by atoms with E-state index in [1.54, 1.807) is 0 Å². The fraction of sp³-hybridized carbons (Fsp3) is 0.250. The molecular formula is C8H9FN2O2. The maximum atomic E-state index is 12.9. The molecule has 5 heteroatoms. The molecule has 0 bridgehead atoms. The van der Waals surface area contributed by atoms with E-state index >= 15 is 0 Å². The van der Waals surface area contributed by atoms with E-state index in [1.165, 1.54) is 17.8 Å². The van der Waals surface area contributed by atoms with Crippen molar-refractivity contribution in [2.24, 2.45) is 7.05 Å². The number of carboxylic acid groups (broad SMARTS) is 1. The standard InChI is InChI=1S/C8H9FN2O2/c1-3-4-5-6(8(12)13)7(9)10-11(5)2/h3H,1,4H2,2H3,(H,12,13). The molecule has 0 saturated heterocycles. The summed E-state index contributed by atoms with van der Waals surface area (Å²) < 4.78 is 14.1. The van der Waals surface area contributed by atoms with E-state index in [0.29, 0.717) is 5.69 Å². The van der Waals surface area contributed by atoms with E-state index in [0.717, 1.165) is 0 Å². The largest absolute Gasteiger partial charge is 0.477 e. The normalized spacial score (nSPS) is 10.0. The van der Waals surface area contributed by atoms with E-state index in [-0.39, 0.29) is 12.0 Å². The van der Waals surface area contributed by atoms with Crippen LogP contribution < -0.4 is 0 Å². The first-order valence-electron chi connectivity index (χ1n) is 3.63.